The van der Waals surface area contributed by atoms with Crippen molar-refractivity contribution in [1.29, 1.82) is 0 Å². The summed E-state index contributed by atoms with van der Waals surface area (Å²) in [6.07, 6.45) is 3.58. The molecule has 0 radical (unpaired) electrons. The van der Waals surface area contributed by atoms with Crippen LogP contribution in [0.2, 0.25) is 0 Å². The molecule has 4 aromatic rings. The van der Waals surface area contributed by atoms with E-state index in [1.165, 1.54) is 11.3 Å². The molecule has 0 N–H and O–H groups in total. The fourth-order valence-corrected chi connectivity index (χ4v) is 4.24. The predicted molar refractivity (Wildman–Crippen MR) is 92.6 cm³/mol. The molecule has 0 amide bonds. The minimum Gasteiger partial charge on any atom is -0.466 e. The summed E-state index contributed by atoms with van der Waals surface area (Å²) in [5.74, 6) is 1.36. The highest BCUT2D eigenvalue weighted by Gasteiger charge is 2.33. The first-order valence-electron chi connectivity index (χ1n) is 7.44. The molecule has 24 heavy (non-hydrogen) atoms. The summed E-state index contributed by atoms with van der Waals surface area (Å²) in [6.45, 7) is 9.52. The van der Waals surface area contributed by atoms with E-state index >= 15 is 0 Å². The molecule has 6 heteroatoms. The second-order valence-corrected chi connectivity index (χ2v) is 6.76. The van der Waals surface area contributed by atoms with Crippen LogP contribution in [0.25, 0.3) is 37.2 Å². The van der Waals surface area contributed by atoms with E-state index in [4.69, 9.17) is 11.3 Å². The molecule has 1 aromatic carbocycles. The third kappa shape index (κ3) is 1.54. The van der Waals surface area contributed by atoms with Gasteiger partial charge in [0, 0.05) is 17.6 Å². The van der Waals surface area contributed by atoms with E-state index in [0.717, 1.165) is 43.7 Å². The van der Waals surface area contributed by atoms with Crippen LogP contribution in [-0.4, -0.2) is 9.97 Å². The average molecular weight is 331 g/mol. The Hall–Kier alpha value is -3.04. The summed E-state index contributed by atoms with van der Waals surface area (Å²) in [4.78, 5) is 13.4. The van der Waals surface area contributed by atoms with Gasteiger partial charge in [-0.05, 0) is 23.5 Å². The summed E-state index contributed by atoms with van der Waals surface area (Å²) in [5, 5.41) is 2.57. The maximum absolute atomic E-state index is 7.43. The molecule has 0 saturated heterocycles. The number of rotatable bonds is 0. The molecule has 0 bridgehead atoms. The number of hydrogen-bond acceptors (Lipinski definition) is 4. The number of aromatic nitrogens is 3. The fourth-order valence-electron chi connectivity index (χ4n) is 3.39. The lowest BCUT2D eigenvalue weighted by Crippen LogP contribution is -2.32. The van der Waals surface area contributed by atoms with Crippen LogP contribution in [0.5, 0.6) is 11.5 Å². The van der Waals surface area contributed by atoms with E-state index in [1.807, 2.05) is 23.7 Å². The van der Waals surface area contributed by atoms with Gasteiger partial charge in [-0.3, -0.25) is 4.98 Å². The smallest absolute Gasteiger partial charge is 0.288 e. The van der Waals surface area contributed by atoms with Crippen LogP contribution in [0.15, 0.2) is 30.7 Å². The first kappa shape index (κ1) is 13.4. The lowest BCUT2D eigenvalue weighted by atomic mass is 9.96. The summed E-state index contributed by atoms with van der Waals surface area (Å²) in [6, 6.07) is 5.98. The normalized spacial score (nSPS) is 12.0. The molecule has 5 rings (SSSR count). The van der Waals surface area contributed by atoms with E-state index in [1.54, 1.807) is 12.5 Å². The van der Waals surface area contributed by atoms with Gasteiger partial charge in [-0.15, -0.1) is 11.3 Å². The second kappa shape index (κ2) is 4.49. The summed E-state index contributed by atoms with van der Waals surface area (Å²) >= 11 is 1.37. The van der Waals surface area contributed by atoms with E-state index in [9.17, 15) is 0 Å². The monoisotopic (exact) mass is 331 g/mol. The number of fused-ring (bicyclic) bond motifs is 3. The molecule has 0 spiro atoms. The van der Waals surface area contributed by atoms with Gasteiger partial charge in [-0.2, -0.15) is 0 Å². The Morgan fingerprint density at radius 1 is 1.33 bits per heavy atom. The first-order valence-corrected chi connectivity index (χ1v) is 8.26. The van der Waals surface area contributed by atoms with Gasteiger partial charge in [0.05, 0.1) is 24.7 Å². The van der Waals surface area contributed by atoms with E-state index in [-0.39, 0.29) is 0 Å². The van der Waals surface area contributed by atoms with Crippen LogP contribution in [0.4, 0.5) is 5.00 Å². The van der Waals surface area contributed by atoms with Crippen LogP contribution in [0.1, 0.15) is 5.56 Å². The molecule has 4 heterocycles. The van der Waals surface area contributed by atoms with Crippen LogP contribution in [0.3, 0.4) is 0 Å². The topological polar surface area (TPSA) is 43.2 Å². The Morgan fingerprint density at radius 2 is 2.21 bits per heavy atom. The van der Waals surface area contributed by atoms with Gasteiger partial charge in [0.1, 0.15) is 11.1 Å². The summed E-state index contributed by atoms with van der Waals surface area (Å²) in [7, 11) is 1.97. The molecule has 1 aliphatic heterocycles. The number of benzene rings is 1. The number of thiophene rings is 1. The molecule has 0 unspecified atom stereocenters. The molecular weight excluding hydrogens is 320 g/mol. The van der Waals surface area contributed by atoms with Gasteiger partial charge in [0.2, 0.25) is 4.83 Å². The van der Waals surface area contributed by atoms with Crippen molar-refractivity contribution in [2.75, 3.05) is 0 Å². The average Bonchev–Trinajstić information content (AvgIpc) is 2.96. The van der Waals surface area contributed by atoms with Crippen molar-refractivity contribution in [1.82, 2.24) is 9.97 Å². The third-order valence-electron chi connectivity index (χ3n) is 4.45. The highest BCUT2D eigenvalue weighted by Crippen LogP contribution is 2.54. The lowest BCUT2D eigenvalue weighted by Gasteiger charge is -2.20. The van der Waals surface area contributed by atoms with Gasteiger partial charge in [0.25, 0.3) is 11.3 Å². The van der Waals surface area contributed by atoms with E-state index in [2.05, 4.69) is 27.8 Å². The van der Waals surface area contributed by atoms with Crippen molar-refractivity contribution < 1.29 is 9.30 Å². The number of ether oxygens (including phenoxy) is 1. The second-order valence-electron chi connectivity index (χ2n) is 5.78. The van der Waals surface area contributed by atoms with Gasteiger partial charge in [0.15, 0.2) is 11.4 Å². The summed E-state index contributed by atoms with van der Waals surface area (Å²) in [5.41, 5.74) is 4.11. The van der Waals surface area contributed by atoms with Gasteiger partial charge >= 0.3 is 0 Å². The van der Waals surface area contributed by atoms with Gasteiger partial charge in [-0.1, -0.05) is 6.07 Å². The lowest BCUT2D eigenvalue weighted by molar-refractivity contribution is -0.662. The number of pyridine rings is 1. The summed E-state index contributed by atoms with van der Waals surface area (Å²) < 4.78 is 8.16. The number of hydrogen-bond donors (Lipinski definition) is 0. The molecular formula is C18H11N4OS+. The Balaban J connectivity index is 2.02. The molecule has 0 fully saturated rings. The van der Waals surface area contributed by atoms with E-state index in [0.29, 0.717) is 10.8 Å². The fraction of sp³-hybridized carbons (Fsp3) is 0.111. The van der Waals surface area contributed by atoms with Crippen LogP contribution < -0.4 is 9.30 Å². The van der Waals surface area contributed by atoms with Crippen molar-refractivity contribution in [3.8, 4) is 22.8 Å². The minimum atomic E-state index is 0.536. The minimum absolute atomic E-state index is 0.536. The number of aryl methyl sites for hydroxylation is 2. The van der Waals surface area contributed by atoms with Gasteiger partial charge < -0.3 is 4.74 Å². The Kier molecular flexibility index (Phi) is 2.51. The zero-order valence-corrected chi connectivity index (χ0v) is 13.8. The third-order valence-corrected chi connectivity index (χ3v) is 5.42. The zero-order chi connectivity index (χ0) is 16.4. The molecule has 5 nitrogen and oxygen atoms in total. The highest BCUT2D eigenvalue weighted by molar-refractivity contribution is 7.23. The van der Waals surface area contributed by atoms with Crippen molar-refractivity contribution in [3.05, 3.63) is 47.7 Å². The Morgan fingerprint density at radius 3 is 3.04 bits per heavy atom. The molecule has 0 saturated carbocycles. The van der Waals surface area contributed by atoms with Gasteiger partial charge in [-0.25, -0.2) is 9.41 Å². The Bertz CT molecular complexity index is 1220. The highest BCUT2D eigenvalue weighted by atomic mass is 32.1. The Labute approximate surface area is 141 Å². The maximum Gasteiger partial charge on any atom is 0.288 e. The molecule has 3 aromatic heterocycles. The SMILES string of the molecule is [C-]#[N+]c1sc2nc[n+](C)c3c2c1Oc1cc2ncccc2c(C)c1-3. The maximum atomic E-state index is 7.43. The standard InChI is InChI=1S/C18H11N4OS/c1-9-10-5-4-6-20-11(10)7-12-13(9)15-14-16(23-12)18(19-2)24-17(14)21-8-22(15)3/h4-8H,1,3H3/q+1. The molecule has 1 aliphatic rings. The largest absolute Gasteiger partial charge is 0.466 e. The molecule has 114 valence electrons. The van der Waals surface area contributed by atoms with Crippen molar-refractivity contribution in [2.45, 2.75) is 6.92 Å². The first-order chi connectivity index (χ1) is 11.7. The zero-order valence-electron chi connectivity index (χ0n) is 13.0. The van der Waals surface area contributed by atoms with Crippen molar-refractivity contribution in [3.63, 3.8) is 0 Å². The van der Waals surface area contributed by atoms with Crippen LogP contribution in [0, 0.1) is 13.5 Å². The number of nitrogens with zero attached hydrogens (tertiary/aromatic N) is 4. The quantitative estimate of drug-likeness (QED) is 0.314. The van der Waals surface area contributed by atoms with E-state index < -0.39 is 0 Å². The van der Waals surface area contributed by atoms with Crippen molar-refractivity contribution >= 4 is 37.5 Å². The van der Waals surface area contributed by atoms with Crippen LogP contribution >= 0.6 is 11.3 Å². The van der Waals surface area contributed by atoms with Crippen LogP contribution in [-0.2, 0) is 7.05 Å². The molecule has 0 aliphatic carbocycles. The molecule has 0 atom stereocenters. The van der Waals surface area contributed by atoms with Crippen molar-refractivity contribution in [2.24, 2.45) is 7.05 Å². The predicted octanol–water partition coefficient (Wildman–Crippen LogP) is 4.30.